The third-order valence-electron chi connectivity index (χ3n) is 1.24. The largest absolute Gasteiger partial charge is 0.493 e. The Bertz CT molecular complexity index is 369. The minimum atomic E-state index is -0.544. The van der Waals surface area contributed by atoms with Crippen LogP contribution in [0.4, 0.5) is 0 Å². The van der Waals surface area contributed by atoms with Crippen LogP contribution in [-0.2, 0) is 0 Å². The molecule has 0 aliphatic carbocycles. The lowest BCUT2D eigenvalue weighted by molar-refractivity contribution is 0.321. The predicted octanol–water partition coefficient (Wildman–Crippen LogP) is -0.408. The SMILES string of the molecule is Cc1nc(O)c(C=NO)c(=O)[nH]1. The maximum Gasteiger partial charge on any atom is 0.263 e. The van der Waals surface area contributed by atoms with Crippen LogP contribution in [0.25, 0.3) is 0 Å². The Morgan fingerprint density at radius 3 is 2.83 bits per heavy atom. The fraction of sp³-hybridized carbons (Fsp3) is 0.167. The molecule has 0 atom stereocenters. The third kappa shape index (κ3) is 1.42. The zero-order chi connectivity index (χ0) is 9.14. The first-order valence-corrected chi connectivity index (χ1v) is 3.12. The van der Waals surface area contributed by atoms with E-state index in [1.165, 1.54) is 6.92 Å². The van der Waals surface area contributed by atoms with Crippen molar-refractivity contribution in [1.29, 1.82) is 0 Å². The summed E-state index contributed by atoms with van der Waals surface area (Å²) in [6.45, 7) is 1.53. The maximum absolute atomic E-state index is 11.0. The van der Waals surface area contributed by atoms with Crippen LogP contribution in [-0.4, -0.2) is 26.5 Å². The molecule has 64 valence electrons. The van der Waals surface area contributed by atoms with E-state index in [2.05, 4.69) is 15.1 Å². The highest BCUT2D eigenvalue weighted by Crippen LogP contribution is 2.04. The summed E-state index contributed by atoms with van der Waals surface area (Å²) in [5.41, 5.74) is -0.707. The quantitative estimate of drug-likeness (QED) is 0.302. The Kier molecular flexibility index (Phi) is 2.09. The van der Waals surface area contributed by atoms with Crippen LogP contribution in [0.2, 0.25) is 0 Å². The Balaban J connectivity index is 3.38. The highest BCUT2D eigenvalue weighted by Gasteiger charge is 2.05. The predicted molar refractivity (Wildman–Crippen MR) is 40.6 cm³/mol. The van der Waals surface area contributed by atoms with Crippen molar-refractivity contribution in [2.75, 3.05) is 0 Å². The number of nitrogens with zero attached hydrogens (tertiary/aromatic N) is 2. The Labute approximate surface area is 67.2 Å². The summed E-state index contributed by atoms with van der Waals surface area (Å²) in [6.07, 6.45) is 0.820. The first-order chi connectivity index (χ1) is 5.65. The van der Waals surface area contributed by atoms with Crippen LogP contribution in [0.3, 0.4) is 0 Å². The van der Waals surface area contributed by atoms with Crippen LogP contribution in [0.5, 0.6) is 5.88 Å². The van der Waals surface area contributed by atoms with Gasteiger partial charge in [0.1, 0.15) is 11.4 Å². The number of aryl methyl sites for hydroxylation is 1. The van der Waals surface area contributed by atoms with E-state index in [-0.39, 0.29) is 5.56 Å². The van der Waals surface area contributed by atoms with E-state index in [4.69, 9.17) is 10.3 Å². The van der Waals surface area contributed by atoms with Crippen molar-refractivity contribution in [3.05, 3.63) is 21.7 Å². The fourth-order valence-electron chi connectivity index (χ4n) is 0.754. The van der Waals surface area contributed by atoms with Crippen molar-refractivity contribution in [1.82, 2.24) is 9.97 Å². The van der Waals surface area contributed by atoms with E-state index < -0.39 is 11.4 Å². The van der Waals surface area contributed by atoms with Gasteiger partial charge in [-0.15, -0.1) is 0 Å². The number of oxime groups is 1. The molecule has 0 aromatic carbocycles. The molecule has 0 fully saturated rings. The summed E-state index contributed by atoms with van der Waals surface area (Å²) < 4.78 is 0. The molecule has 1 heterocycles. The van der Waals surface area contributed by atoms with Crippen molar-refractivity contribution < 1.29 is 10.3 Å². The molecule has 0 saturated heterocycles. The van der Waals surface area contributed by atoms with Crippen LogP contribution in [0.15, 0.2) is 9.95 Å². The van der Waals surface area contributed by atoms with Gasteiger partial charge in [0, 0.05) is 0 Å². The second-order valence-corrected chi connectivity index (χ2v) is 2.13. The third-order valence-corrected chi connectivity index (χ3v) is 1.24. The van der Waals surface area contributed by atoms with Gasteiger partial charge >= 0.3 is 0 Å². The van der Waals surface area contributed by atoms with Gasteiger partial charge in [-0.3, -0.25) is 4.79 Å². The molecule has 6 nitrogen and oxygen atoms in total. The average molecular weight is 169 g/mol. The van der Waals surface area contributed by atoms with Gasteiger partial charge in [-0.05, 0) is 6.92 Å². The summed E-state index contributed by atoms with van der Waals surface area (Å²) in [7, 11) is 0. The van der Waals surface area contributed by atoms with Crippen molar-refractivity contribution in [3.63, 3.8) is 0 Å². The molecule has 1 aromatic rings. The second kappa shape index (κ2) is 3.04. The van der Waals surface area contributed by atoms with Crippen LogP contribution >= 0.6 is 0 Å². The first-order valence-electron chi connectivity index (χ1n) is 3.12. The fourth-order valence-corrected chi connectivity index (χ4v) is 0.754. The van der Waals surface area contributed by atoms with Gasteiger partial charge in [0.25, 0.3) is 5.56 Å². The van der Waals surface area contributed by atoms with Gasteiger partial charge in [-0.25, -0.2) is 4.98 Å². The molecule has 0 saturated carbocycles. The van der Waals surface area contributed by atoms with Crippen LogP contribution in [0, 0.1) is 6.92 Å². The van der Waals surface area contributed by atoms with Crippen LogP contribution < -0.4 is 5.56 Å². The highest BCUT2D eigenvalue weighted by atomic mass is 16.4. The van der Waals surface area contributed by atoms with Gasteiger partial charge in [0.15, 0.2) is 0 Å². The van der Waals surface area contributed by atoms with Gasteiger partial charge in [0.2, 0.25) is 5.88 Å². The van der Waals surface area contributed by atoms with Crippen molar-refractivity contribution in [3.8, 4) is 5.88 Å². The van der Waals surface area contributed by atoms with Gasteiger partial charge in [-0.2, -0.15) is 0 Å². The summed E-state index contributed by atoms with van der Waals surface area (Å²) in [6, 6.07) is 0. The standard InChI is InChI=1S/C6H7N3O3/c1-3-8-5(10)4(2-7-12)6(11)9-3/h2,12H,1H3,(H2,8,9,10,11). The number of aromatic nitrogens is 2. The maximum atomic E-state index is 11.0. The molecule has 0 aliphatic heterocycles. The van der Waals surface area contributed by atoms with E-state index in [1.807, 2.05) is 0 Å². The number of H-pyrrole nitrogens is 1. The number of aromatic hydroxyl groups is 1. The smallest absolute Gasteiger partial charge is 0.263 e. The minimum Gasteiger partial charge on any atom is -0.493 e. The summed E-state index contributed by atoms with van der Waals surface area (Å²) in [5.74, 6) is -0.151. The Morgan fingerprint density at radius 2 is 2.33 bits per heavy atom. The Morgan fingerprint density at radius 1 is 1.67 bits per heavy atom. The second-order valence-electron chi connectivity index (χ2n) is 2.13. The molecule has 0 bridgehead atoms. The lowest BCUT2D eigenvalue weighted by Crippen LogP contribution is -2.14. The number of hydrogen-bond donors (Lipinski definition) is 3. The number of rotatable bonds is 1. The molecule has 3 N–H and O–H groups in total. The van der Waals surface area contributed by atoms with Crippen molar-refractivity contribution >= 4 is 6.21 Å². The van der Waals surface area contributed by atoms with E-state index in [1.54, 1.807) is 0 Å². The summed E-state index contributed by atoms with van der Waals surface area (Å²) in [4.78, 5) is 16.9. The number of aromatic amines is 1. The Hall–Kier alpha value is -1.85. The van der Waals surface area contributed by atoms with E-state index in [0.29, 0.717) is 5.82 Å². The van der Waals surface area contributed by atoms with E-state index in [0.717, 1.165) is 6.21 Å². The van der Waals surface area contributed by atoms with Gasteiger partial charge < -0.3 is 15.3 Å². The zero-order valence-corrected chi connectivity index (χ0v) is 6.27. The number of nitrogens with one attached hydrogen (secondary N) is 1. The van der Waals surface area contributed by atoms with Crippen molar-refractivity contribution in [2.45, 2.75) is 6.92 Å². The molecule has 0 aliphatic rings. The molecular formula is C6H7N3O3. The number of hydrogen-bond acceptors (Lipinski definition) is 5. The first kappa shape index (κ1) is 8.25. The lowest BCUT2D eigenvalue weighted by atomic mass is 10.3. The molecule has 0 radical (unpaired) electrons. The highest BCUT2D eigenvalue weighted by molar-refractivity contribution is 5.81. The molecular weight excluding hydrogens is 162 g/mol. The monoisotopic (exact) mass is 169 g/mol. The van der Waals surface area contributed by atoms with Gasteiger partial charge in [0.05, 0.1) is 6.21 Å². The topological polar surface area (TPSA) is 98.6 Å². The molecule has 1 aromatic heterocycles. The molecule has 12 heavy (non-hydrogen) atoms. The summed E-state index contributed by atoms with van der Waals surface area (Å²) >= 11 is 0. The normalized spacial score (nSPS) is 10.8. The average Bonchev–Trinajstić information content (AvgIpc) is 1.96. The van der Waals surface area contributed by atoms with Gasteiger partial charge in [-0.1, -0.05) is 5.16 Å². The molecule has 6 heteroatoms. The lowest BCUT2D eigenvalue weighted by Gasteiger charge is -1.96. The zero-order valence-electron chi connectivity index (χ0n) is 6.27. The van der Waals surface area contributed by atoms with Crippen LogP contribution in [0.1, 0.15) is 11.4 Å². The van der Waals surface area contributed by atoms with Crippen molar-refractivity contribution in [2.24, 2.45) is 5.16 Å². The summed E-state index contributed by atoms with van der Waals surface area (Å²) in [5, 5.41) is 19.8. The molecule has 1 rings (SSSR count). The van der Waals surface area contributed by atoms with E-state index >= 15 is 0 Å². The minimum absolute atomic E-state index is 0.164. The van der Waals surface area contributed by atoms with E-state index in [9.17, 15) is 4.79 Å². The molecule has 0 spiro atoms. The molecule has 0 unspecified atom stereocenters. The molecule has 0 amide bonds.